The van der Waals surface area contributed by atoms with Gasteiger partial charge in [0.1, 0.15) is 5.01 Å². The maximum Gasteiger partial charge on any atom is 0.124 e. The molecule has 0 amide bonds. The van der Waals surface area contributed by atoms with Crippen molar-refractivity contribution in [3.8, 4) is 10.6 Å². The lowest BCUT2D eigenvalue weighted by Gasteiger charge is -2.09. The molecule has 0 bridgehead atoms. The van der Waals surface area contributed by atoms with Gasteiger partial charge in [-0.15, -0.1) is 11.3 Å². The SMILES string of the molecule is CCCNC(C)c1csc(-c2cscc2C)n1. The van der Waals surface area contributed by atoms with Gasteiger partial charge in [0.05, 0.1) is 5.69 Å². The average Bonchev–Trinajstić information content (AvgIpc) is 2.93. The van der Waals surface area contributed by atoms with E-state index in [9.17, 15) is 0 Å². The van der Waals surface area contributed by atoms with Gasteiger partial charge in [0.25, 0.3) is 0 Å². The molecule has 4 heteroatoms. The van der Waals surface area contributed by atoms with Crippen molar-refractivity contribution in [3.05, 3.63) is 27.4 Å². The fourth-order valence-electron chi connectivity index (χ4n) is 1.65. The van der Waals surface area contributed by atoms with Gasteiger partial charge >= 0.3 is 0 Å². The second-order valence-electron chi connectivity index (χ2n) is 4.22. The van der Waals surface area contributed by atoms with Crippen LogP contribution in [-0.2, 0) is 0 Å². The summed E-state index contributed by atoms with van der Waals surface area (Å²) in [6, 6.07) is 0.346. The van der Waals surface area contributed by atoms with Crippen LogP contribution in [0.1, 0.15) is 37.6 Å². The first kappa shape index (κ1) is 12.7. The third-order valence-corrected chi connectivity index (χ3v) is 4.51. The van der Waals surface area contributed by atoms with Crippen LogP contribution in [0, 0.1) is 6.92 Å². The highest BCUT2D eigenvalue weighted by molar-refractivity contribution is 7.14. The van der Waals surface area contributed by atoms with Crippen LogP contribution in [0.5, 0.6) is 0 Å². The number of rotatable bonds is 5. The summed E-state index contributed by atoms with van der Waals surface area (Å²) in [6.07, 6.45) is 1.16. The lowest BCUT2D eigenvalue weighted by Crippen LogP contribution is -2.19. The van der Waals surface area contributed by atoms with Crippen molar-refractivity contribution < 1.29 is 0 Å². The lowest BCUT2D eigenvalue weighted by atomic mass is 10.2. The van der Waals surface area contributed by atoms with E-state index in [0.717, 1.165) is 23.7 Å². The first-order valence-electron chi connectivity index (χ1n) is 5.94. The maximum atomic E-state index is 4.73. The van der Waals surface area contributed by atoms with E-state index < -0.39 is 0 Å². The van der Waals surface area contributed by atoms with E-state index >= 15 is 0 Å². The van der Waals surface area contributed by atoms with E-state index in [0.29, 0.717) is 6.04 Å². The molecule has 0 aliphatic rings. The quantitative estimate of drug-likeness (QED) is 0.875. The lowest BCUT2D eigenvalue weighted by molar-refractivity contribution is 0.561. The number of hydrogen-bond acceptors (Lipinski definition) is 4. The van der Waals surface area contributed by atoms with E-state index in [1.54, 1.807) is 22.7 Å². The molecular weight excluding hydrogens is 248 g/mol. The van der Waals surface area contributed by atoms with E-state index in [1.807, 2.05) is 0 Å². The van der Waals surface area contributed by atoms with Gasteiger partial charge in [-0.25, -0.2) is 4.98 Å². The predicted molar refractivity (Wildman–Crippen MR) is 76.9 cm³/mol. The van der Waals surface area contributed by atoms with Crippen molar-refractivity contribution >= 4 is 22.7 Å². The summed E-state index contributed by atoms with van der Waals surface area (Å²) in [5, 5.41) is 11.1. The Morgan fingerprint density at radius 2 is 2.18 bits per heavy atom. The largest absolute Gasteiger partial charge is 0.309 e. The molecule has 2 aromatic heterocycles. The first-order valence-corrected chi connectivity index (χ1v) is 7.76. The molecule has 0 radical (unpaired) electrons. The highest BCUT2D eigenvalue weighted by atomic mass is 32.1. The molecule has 2 heterocycles. The summed E-state index contributed by atoms with van der Waals surface area (Å²) >= 11 is 3.48. The fraction of sp³-hybridized carbons (Fsp3) is 0.462. The fourth-order valence-corrected chi connectivity index (χ4v) is 3.56. The van der Waals surface area contributed by atoms with Crippen molar-refractivity contribution in [3.63, 3.8) is 0 Å². The van der Waals surface area contributed by atoms with Gasteiger partial charge in [-0.1, -0.05) is 6.92 Å². The van der Waals surface area contributed by atoms with E-state index in [1.165, 1.54) is 11.1 Å². The molecule has 17 heavy (non-hydrogen) atoms. The zero-order valence-corrected chi connectivity index (χ0v) is 12.1. The van der Waals surface area contributed by atoms with Crippen LogP contribution in [0.4, 0.5) is 0 Å². The van der Waals surface area contributed by atoms with Gasteiger partial charge in [-0.2, -0.15) is 11.3 Å². The Labute approximate surface area is 111 Å². The van der Waals surface area contributed by atoms with Crippen LogP contribution in [0.15, 0.2) is 16.1 Å². The molecule has 1 unspecified atom stereocenters. The van der Waals surface area contributed by atoms with Gasteiger partial charge in [-0.05, 0) is 37.8 Å². The molecule has 2 nitrogen and oxygen atoms in total. The number of nitrogens with zero attached hydrogens (tertiary/aromatic N) is 1. The molecule has 0 spiro atoms. The molecule has 0 aliphatic heterocycles. The van der Waals surface area contributed by atoms with Crippen molar-refractivity contribution in [2.24, 2.45) is 0 Å². The second-order valence-corrected chi connectivity index (χ2v) is 5.82. The molecule has 2 rings (SSSR count). The van der Waals surface area contributed by atoms with Gasteiger partial charge < -0.3 is 5.32 Å². The molecule has 0 fully saturated rings. The molecule has 0 aromatic carbocycles. The van der Waals surface area contributed by atoms with Gasteiger partial charge in [-0.3, -0.25) is 0 Å². The third-order valence-electron chi connectivity index (χ3n) is 2.75. The number of hydrogen-bond donors (Lipinski definition) is 1. The van der Waals surface area contributed by atoms with Crippen LogP contribution in [0.2, 0.25) is 0 Å². The smallest absolute Gasteiger partial charge is 0.124 e. The molecule has 92 valence electrons. The molecule has 0 saturated heterocycles. The molecule has 1 atom stereocenters. The highest BCUT2D eigenvalue weighted by Gasteiger charge is 2.12. The standard InChI is InChI=1S/C13H18N2S2/c1-4-5-14-10(3)12-8-17-13(15-12)11-7-16-6-9(11)2/h6-8,10,14H,4-5H2,1-3H3. The van der Waals surface area contributed by atoms with Crippen LogP contribution in [-0.4, -0.2) is 11.5 Å². The Bertz CT molecular complexity index is 473. The first-order chi connectivity index (χ1) is 8.22. The Hall–Kier alpha value is -0.710. The van der Waals surface area contributed by atoms with Crippen LogP contribution in [0.25, 0.3) is 10.6 Å². The summed E-state index contributed by atoms with van der Waals surface area (Å²) in [4.78, 5) is 4.73. The number of thiazole rings is 1. The molecule has 0 saturated carbocycles. The number of aryl methyl sites for hydroxylation is 1. The van der Waals surface area contributed by atoms with Gasteiger partial charge in [0.2, 0.25) is 0 Å². The van der Waals surface area contributed by atoms with Crippen LogP contribution < -0.4 is 5.32 Å². The number of aromatic nitrogens is 1. The van der Waals surface area contributed by atoms with E-state index in [4.69, 9.17) is 4.98 Å². The Kier molecular flexibility index (Phi) is 4.31. The van der Waals surface area contributed by atoms with Crippen molar-refractivity contribution in [2.75, 3.05) is 6.54 Å². The minimum absolute atomic E-state index is 0.346. The van der Waals surface area contributed by atoms with Crippen molar-refractivity contribution in [1.82, 2.24) is 10.3 Å². The Balaban J connectivity index is 2.13. The Morgan fingerprint density at radius 3 is 2.82 bits per heavy atom. The topological polar surface area (TPSA) is 24.9 Å². The second kappa shape index (κ2) is 5.76. The summed E-state index contributed by atoms with van der Waals surface area (Å²) in [5.74, 6) is 0. The van der Waals surface area contributed by atoms with Crippen LogP contribution in [0.3, 0.4) is 0 Å². The van der Waals surface area contributed by atoms with Gasteiger partial charge in [0, 0.05) is 22.4 Å². The number of thiophene rings is 1. The van der Waals surface area contributed by atoms with Crippen molar-refractivity contribution in [1.29, 1.82) is 0 Å². The van der Waals surface area contributed by atoms with Crippen LogP contribution >= 0.6 is 22.7 Å². The molecular formula is C13H18N2S2. The minimum Gasteiger partial charge on any atom is -0.309 e. The summed E-state index contributed by atoms with van der Waals surface area (Å²) < 4.78 is 0. The maximum absolute atomic E-state index is 4.73. The average molecular weight is 266 g/mol. The molecule has 2 aromatic rings. The minimum atomic E-state index is 0.346. The third kappa shape index (κ3) is 2.94. The Morgan fingerprint density at radius 1 is 1.35 bits per heavy atom. The summed E-state index contributed by atoms with van der Waals surface area (Å²) in [5.41, 5.74) is 3.77. The van der Waals surface area contributed by atoms with Crippen molar-refractivity contribution in [2.45, 2.75) is 33.2 Å². The molecule has 1 N–H and O–H groups in total. The molecule has 0 aliphatic carbocycles. The van der Waals surface area contributed by atoms with Gasteiger partial charge in [0.15, 0.2) is 0 Å². The number of nitrogens with one attached hydrogen (secondary N) is 1. The highest BCUT2D eigenvalue weighted by Crippen LogP contribution is 2.30. The van der Waals surface area contributed by atoms with E-state index in [2.05, 4.69) is 42.2 Å². The normalized spacial score (nSPS) is 12.9. The monoisotopic (exact) mass is 266 g/mol. The van der Waals surface area contributed by atoms with E-state index in [-0.39, 0.29) is 0 Å². The summed E-state index contributed by atoms with van der Waals surface area (Å²) in [7, 11) is 0. The predicted octanol–water partition coefficient (Wildman–Crippen LogP) is 4.24. The zero-order valence-electron chi connectivity index (χ0n) is 10.5. The summed E-state index contributed by atoms with van der Waals surface area (Å²) in [6.45, 7) is 7.55. The zero-order chi connectivity index (χ0) is 12.3.